The topological polar surface area (TPSA) is 108 Å². The minimum absolute atomic E-state index is 0.0403. The van der Waals surface area contributed by atoms with Crippen molar-refractivity contribution in [2.24, 2.45) is 0 Å². The third-order valence-corrected chi connectivity index (χ3v) is 6.11. The van der Waals surface area contributed by atoms with E-state index in [1.165, 1.54) is 18.9 Å². The van der Waals surface area contributed by atoms with Crippen molar-refractivity contribution < 1.29 is 18.0 Å². The van der Waals surface area contributed by atoms with E-state index >= 15 is 0 Å². The minimum atomic E-state index is -4.63. The van der Waals surface area contributed by atoms with E-state index in [0.717, 1.165) is 29.0 Å². The molecule has 0 unspecified atom stereocenters. The maximum atomic E-state index is 13.1. The first kappa shape index (κ1) is 24.6. The molecule has 0 atom stereocenters. The van der Waals surface area contributed by atoms with Gasteiger partial charge in [0.15, 0.2) is 11.6 Å². The summed E-state index contributed by atoms with van der Waals surface area (Å²) in [7, 11) is 0. The second-order valence-corrected chi connectivity index (χ2v) is 9.08. The number of carbonyl (C=O) groups is 1. The van der Waals surface area contributed by atoms with Gasteiger partial charge in [0.2, 0.25) is 0 Å². The molecule has 0 saturated heterocycles. The number of alkyl halides is 3. The monoisotopic (exact) mass is 527 g/mol. The number of aromatic amines is 1. The highest BCUT2D eigenvalue weighted by molar-refractivity contribution is 6.31. The van der Waals surface area contributed by atoms with Crippen LogP contribution in [0.25, 0.3) is 11.4 Å². The number of anilines is 4. The summed E-state index contributed by atoms with van der Waals surface area (Å²) in [6.07, 6.45) is -0.652. The number of hydrogen-bond donors (Lipinski definition) is 4. The summed E-state index contributed by atoms with van der Waals surface area (Å²) in [5.41, 5.74) is 2.03. The van der Waals surface area contributed by atoms with Gasteiger partial charge in [-0.3, -0.25) is 5.10 Å². The zero-order valence-electron chi connectivity index (χ0n) is 19.4. The smallest absolute Gasteiger partial charge is 0.323 e. The molecule has 0 bridgehead atoms. The summed E-state index contributed by atoms with van der Waals surface area (Å²) in [5, 5.41) is 15.1. The summed E-state index contributed by atoms with van der Waals surface area (Å²) in [5.74, 6) is 2.31. The lowest BCUT2D eigenvalue weighted by molar-refractivity contribution is -0.137. The molecule has 12 heteroatoms. The molecule has 1 aliphatic carbocycles. The Labute approximate surface area is 214 Å². The first-order chi connectivity index (χ1) is 17.7. The van der Waals surface area contributed by atoms with Gasteiger partial charge in [-0.25, -0.2) is 14.8 Å². The lowest BCUT2D eigenvalue weighted by Gasteiger charge is -2.13. The summed E-state index contributed by atoms with van der Waals surface area (Å²) >= 11 is 5.63. The van der Waals surface area contributed by atoms with Crippen LogP contribution in [0.1, 0.15) is 35.6 Å². The maximum Gasteiger partial charge on any atom is 0.417 e. The minimum Gasteiger partial charge on any atom is -0.323 e. The first-order valence-electron chi connectivity index (χ1n) is 11.4. The largest absolute Gasteiger partial charge is 0.417 e. The van der Waals surface area contributed by atoms with Crippen molar-refractivity contribution >= 4 is 40.6 Å². The van der Waals surface area contributed by atoms with E-state index in [9.17, 15) is 18.0 Å². The van der Waals surface area contributed by atoms with Crippen molar-refractivity contribution in [3.63, 3.8) is 0 Å². The number of rotatable bonds is 6. The predicted octanol–water partition coefficient (Wildman–Crippen LogP) is 7.11. The molecular weight excluding hydrogens is 507 g/mol. The number of aryl methyl sites for hydroxylation is 1. The molecule has 2 aromatic heterocycles. The van der Waals surface area contributed by atoms with Crippen LogP contribution in [-0.4, -0.2) is 26.2 Å². The predicted molar refractivity (Wildman–Crippen MR) is 135 cm³/mol. The third kappa shape index (κ3) is 5.83. The number of urea groups is 1. The Morgan fingerprint density at radius 2 is 1.76 bits per heavy atom. The molecule has 8 nitrogen and oxygen atoms in total. The van der Waals surface area contributed by atoms with Crippen LogP contribution in [0.5, 0.6) is 0 Å². The van der Waals surface area contributed by atoms with Gasteiger partial charge >= 0.3 is 12.2 Å². The van der Waals surface area contributed by atoms with Gasteiger partial charge < -0.3 is 16.0 Å². The van der Waals surface area contributed by atoms with Crippen LogP contribution in [0.3, 0.4) is 0 Å². The first-order valence-corrected chi connectivity index (χ1v) is 11.7. The van der Waals surface area contributed by atoms with E-state index in [-0.39, 0.29) is 5.69 Å². The molecular formula is C25H21ClF3N7O. The molecule has 2 amide bonds. The molecule has 0 aliphatic heterocycles. The molecule has 2 heterocycles. The van der Waals surface area contributed by atoms with Crippen LogP contribution in [0.2, 0.25) is 5.02 Å². The average molecular weight is 528 g/mol. The van der Waals surface area contributed by atoms with E-state index in [0.29, 0.717) is 29.1 Å². The zero-order chi connectivity index (χ0) is 26.2. The van der Waals surface area contributed by atoms with Crippen LogP contribution >= 0.6 is 11.6 Å². The normalized spacial score (nSPS) is 13.3. The average Bonchev–Trinajstić information content (AvgIpc) is 3.59. The standard InChI is InChI=1S/C25H21ClF3N7O/c1-13-10-15(31-24(37)32-16-5-7-19(26)18(11-16)25(27,28)29)4-6-17(13)23-30-9-8-21(34-23)33-22-12-20(35-36-22)14-2-3-14/h4-12,14H,2-3H2,1H3,(H2,31,32,37)(H2,30,33,34,35,36). The summed E-state index contributed by atoms with van der Waals surface area (Å²) in [6.45, 7) is 1.84. The number of hydrogen-bond acceptors (Lipinski definition) is 5. The van der Waals surface area contributed by atoms with Crippen LogP contribution in [-0.2, 0) is 6.18 Å². The maximum absolute atomic E-state index is 13.1. The lowest BCUT2D eigenvalue weighted by atomic mass is 10.1. The van der Waals surface area contributed by atoms with Crippen molar-refractivity contribution in [2.45, 2.75) is 31.9 Å². The van der Waals surface area contributed by atoms with E-state index in [2.05, 4.69) is 36.1 Å². The van der Waals surface area contributed by atoms with Crippen molar-refractivity contribution in [3.05, 3.63) is 76.6 Å². The molecule has 1 saturated carbocycles. The number of carbonyl (C=O) groups excluding carboxylic acids is 1. The molecule has 4 N–H and O–H groups in total. The molecule has 4 aromatic rings. The number of halogens is 4. The van der Waals surface area contributed by atoms with Gasteiger partial charge in [-0.05, 0) is 67.8 Å². The molecule has 37 heavy (non-hydrogen) atoms. The molecule has 1 fully saturated rings. The highest BCUT2D eigenvalue weighted by Crippen LogP contribution is 2.40. The van der Waals surface area contributed by atoms with E-state index in [1.807, 2.05) is 13.0 Å². The fourth-order valence-corrected chi connectivity index (χ4v) is 4.02. The lowest BCUT2D eigenvalue weighted by Crippen LogP contribution is -2.20. The van der Waals surface area contributed by atoms with Gasteiger partial charge in [-0.2, -0.15) is 18.3 Å². The number of amides is 2. The molecule has 0 spiro atoms. The molecule has 190 valence electrons. The van der Waals surface area contributed by atoms with Gasteiger partial charge in [0.1, 0.15) is 5.82 Å². The zero-order valence-corrected chi connectivity index (χ0v) is 20.2. The van der Waals surface area contributed by atoms with Crippen molar-refractivity contribution in [3.8, 4) is 11.4 Å². The number of aromatic nitrogens is 4. The Bertz CT molecular complexity index is 1470. The Kier molecular flexibility index (Phi) is 6.46. The molecule has 5 rings (SSSR count). The number of nitrogens with one attached hydrogen (secondary N) is 4. The molecule has 0 radical (unpaired) electrons. The van der Waals surface area contributed by atoms with Crippen molar-refractivity contribution in [2.75, 3.05) is 16.0 Å². The van der Waals surface area contributed by atoms with E-state index in [4.69, 9.17) is 11.6 Å². The number of H-pyrrole nitrogens is 1. The fraction of sp³-hybridized carbons (Fsp3) is 0.200. The number of benzene rings is 2. The summed E-state index contributed by atoms with van der Waals surface area (Å²) in [4.78, 5) is 21.3. The second kappa shape index (κ2) is 9.74. The quantitative estimate of drug-likeness (QED) is 0.214. The van der Waals surface area contributed by atoms with Crippen LogP contribution in [0.4, 0.5) is 41.0 Å². The van der Waals surface area contributed by atoms with Gasteiger partial charge in [-0.15, -0.1) is 0 Å². The van der Waals surface area contributed by atoms with Crippen molar-refractivity contribution in [1.29, 1.82) is 0 Å². The van der Waals surface area contributed by atoms with Gasteiger partial charge in [-0.1, -0.05) is 11.6 Å². The third-order valence-electron chi connectivity index (χ3n) is 5.78. The Morgan fingerprint density at radius 3 is 2.46 bits per heavy atom. The Morgan fingerprint density at radius 1 is 1.03 bits per heavy atom. The van der Waals surface area contributed by atoms with Gasteiger partial charge in [0.25, 0.3) is 0 Å². The van der Waals surface area contributed by atoms with Crippen LogP contribution in [0.15, 0.2) is 54.7 Å². The van der Waals surface area contributed by atoms with Crippen LogP contribution in [0, 0.1) is 6.92 Å². The highest BCUT2D eigenvalue weighted by atomic mass is 35.5. The highest BCUT2D eigenvalue weighted by Gasteiger charge is 2.33. The van der Waals surface area contributed by atoms with Crippen LogP contribution < -0.4 is 16.0 Å². The van der Waals surface area contributed by atoms with Crippen molar-refractivity contribution in [1.82, 2.24) is 20.2 Å². The van der Waals surface area contributed by atoms with E-state index in [1.54, 1.807) is 30.5 Å². The molecule has 1 aliphatic rings. The Balaban J connectivity index is 1.26. The van der Waals surface area contributed by atoms with E-state index < -0.39 is 22.8 Å². The van der Waals surface area contributed by atoms with Gasteiger partial charge in [0.05, 0.1) is 10.6 Å². The van der Waals surface area contributed by atoms with Gasteiger partial charge in [0, 0.05) is 40.8 Å². The molecule has 2 aromatic carbocycles. The SMILES string of the molecule is Cc1cc(NC(=O)Nc2ccc(Cl)c(C(F)(F)F)c2)ccc1-c1nccc(Nc2cc(C3CC3)[nH]n2)n1. The fourth-order valence-electron chi connectivity index (χ4n) is 3.80. The second-order valence-electron chi connectivity index (χ2n) is 8.67. The summed E-state index contributed by atoms with van der Waals surface area (Å²) in [6, 6.07) is 11.3. The number of nitrogens with zero attached hydrogens (tertiary/aromatic N) is 3. The summed E-state index contributed by atoms with van der Waals surface area (Å²) < 4.78 is 39.2. The Hall–Kier alpha value is -4.12.